The Hall–Kier alpha value is -3.30. The van der Waals surface area contributed by atoms with Crippen LogP contribution in [-0.2, 0) is 16.0 Å². The second kappa shape index (κ2) is 11.3. The van der Waals surface area contributed by atoms with Crippen LogP contribution >= 0.6 is 11.6 Å². The number of likely N-dealkylation sites (tertiary alicyclic amines) is 1. The SMILES string of the molecule is Cc1cc(C(Cc2ccccn2)NC(=O)C2CC(O)CN2C(=O)C(n2cc(C3CC3)nn2)C(C)(C)C)ccc1Cl. The third-order valence-electron chi connectivity index (χ3n) is 7.75. The van der Waals surface area contributed by atoms with Crippen LogP contribution in [0.2, 0.25) is 5.02 Å². The Morgan fingerprint density at radius 3 is 2.62 bits per heavy atom. The Bertz CT molecular complexity index is 1370. The first kappa shape index (κ1) is 28.2. The van der Waals surface area contributed by atoms with Crippen molar-refractivity contribution in [1.82, 2.24) is 30.2 Å². The van der Waals surface area contributed by atoms with E-state index in [1.807, 2.05) is 70.3 Å². The van der Waals surface area contributed by atoms with E-state index >= 15 is 0 Å². The van der Waals surface area contributed by atoms with Gasteiger partial charge < -0.3 is 15.3 Å². The summed E-state index contributed by atoms with van der Waals surface area (Å²) in [5, 5.41) is 23.1. The molecule has 5 rings (SSSR count). The third kappa shape index (κ3) is 6.20. The summed E-state index contributed by atoms with van der Waals surface area (Å²) < 4.78 is 1.63. The fourth-order valence-corrected chi connectivity index (χ4v) is 5.58. The lowest BCUT2D eigenvalue weighted by Crippen LogP contribution is -2.51. The van der Waals surface area contributed by atoms with Gasteiger partial charge in [0.25, 0.3) is 0 Å². The number of β-amino-alcohol motifs (C(OH)–C–C–N with tert-alkyl or cyclic N) is 1. The van der Waals surface area contributed by atoms with Gasteiger partial charge in [0.05, 0.1) is 17.8 Å². The monoisotopic (exact) mass is 564 g/mol. The number of aliphatic hydroxyl groups is 1. The molecule has 2 fully saturated rings. The number of aryl methyl sites for hydroxylation is 1. The van der Waals surface area contributed by atoms with Crippen LogP contribution in [0.15, 0.2) is 48.8 Å². The molecular formula is C30H37ClN6O3. The number of halogens is 1. The van der Waals surface area contributed by atoms with E-state index in [2.05, 4.69) is 20.6 Å². The van der Waals surface area contributed by atoms with Crippen molar-refractivity contribution >= 4 is 23.4 Å². The largest absolute Gasteiger partial charge is 0.391 e. The topological polar surface area (TPSA) is 113 Å². The van der Waals surface area contributed by atoms with Crippen LogP contribution in [0, 0.1) is 12.3 Å². The van der Waals surface area contributed by atoms with E-state index in [-0.39, 0.29) is 24.8 Å². The number of nitrogens with one attached hydrogen (secondary N) is 1. The van der Waals surface area contributed by atoms with Crippen molar-refractivity contribution < 1.29 is 14.7 Å². The molecule has 4 atom stereocenters. The average Bonchev–Trinajstić information content (AvgIpc) is 3.51. The van der Waals surface area contributed by atoms with Crippen molar-refractivity contribution in [3.63, 3.8) is 0 Å². The minimum atomic E-state index is -0.821. The molecule has 2 N–H and O–H groups in total. The molecule has 1 saturated carbocycles. The number of nitrogens with zero attached hydrogens (tertiary/aromatic N) is 5. The van der Waals surface area contributed by atoms with Gasteiger partial charge in [-0.25, -0.2) is 4.68 Å². The second-order valence-corrected chi connectivity index (χ2v) is 12.6. The molecule has 2 aromatic heterocycles. The highest BCUT2D eigenvalue weighted by molar-refractivity contribution is 6.31. The molecule has 0 radical (unpaired) electrons. The minimum Gasteiger partial charge on any atom is -0.391 e. The highest BCUT2D eigenvalue weighted by Crippen LogP contribution is 2.40. The first-order chi connectivity index (χ1) is 19.0. The zero-order valence-corrected chi connectivity index (χ0v) is 24.2. The highest BCUT2D eigenvalue weighted by Gasteiger charge is 2.45. The number of aliphatic hydroxyl groups excluding tert-OH is 1. The van der Waals surface area contributed by atoms with Gasteiger partial charge >= 0.3 is 0 Å². The number of pyridine rings is 1. The van der Waals surface area contributed by atoms with Gasteiger partial charge in [0.15, 0.2) is 0 Å². The van der Waals surface area contributed by atoms with E-state index in [0.29, 0.717) is 17.4 Å². The predicted molar refractivity (Wildman–Crippen MR) is 152 cm³/mol. The second-order valence-electron chi connectivity index (χ2n) is 12.2. The zero-order valence-electron chi connectivity index (χ0n) is 23.4. The van der Waals surface area contributed by atoms with E-state index in [4.69, 9.17) is 11.6 Å². The Morgan fingerprint density at radius 1 is 1.20 bits per heavy atom. The fourth-order valence-electron chi connectivity index (χ4n) is 5.46. The van der Waals surface area contributed by atoms with Crippen LogP contribution in [0.25, 0.3) is 0 Å². The van der Waals surface area contributed by atoms with E-state index in [1.54, 1.807) is 10.9 Å². The van der Waals surface area contributed by atoms with Crippen LogP contribution in [0.1, 0.15) is 80.6 Å². The Labute approximate surface area is 239 Å². The number of rotatable bonds is 8. The van der Waals surface area contributed by atoms with Crippen molar-refractivity contribution in [3.8, 4) is 0 Å². The number of carbonyl (C=O) groups is 2. The minimum absolute atomic E-state index is 0.0820. The summed E-state index contributed by atoms with van der Waals surface area (Å²) in [4.78, 5) is 33.9. The number of amides is 2. The Kier molecular flexibility index (Phi) is 7.97. The molecule has 0 bridgehead atoms. The van der Waals surface area contributed by atoms with Crippen LogP contribution in [0.3, 0.4) is 0 Å². The highest BCUT2D eigenvalue weighted by atomic mass is 35.5. The molecule has 1 aliphatic carbocycles. The van der Waals surface area contributed by atoms with Crippen molar-refractivity contribution in [2.45, 2.75) is 83.5 Å². The smallest absolute Gasteiger partial charge is 0.248 e. The summed E-state index contributed by atoms with van der Waals surface area (Å²) in [5.41, 5.74) is 3.01. The van der Waals surface area contributed by atoms with Crippen LogP contribution in [0.4, 0.5) is 0 Å². The average molecular weight is 565 g/mol. The summed E-state index contributed by atoms with van der Waals surface area (Å²) in [5.74, 6) is -0.160. The lowest BCUT2D eigenvalue weighted by molar-refractivity contribution is -0.144. The normalized spacial score (nSPS) is 20.8. The van der Waals surface area contributed by atoms with Gasteiger partial charge in [0, 0.05) is 48.4 Å². The molecule has 3 aromatic rings. The first-order valence-electron chi connectivity index (χ1n) is 13.9. The maximum Gasteiger partial charge on any atom is 0.248 e. The molecule has 40 heavy (non-hydrogen) atoms. The van der Waals surface area contributed by atoms with Crippen molar-refractivity contribution in [2.75, 3.05) is 6.54 Å². The number of carbonyl (C=O) groups excluding carboxylic acids is 2. The van der Waals surface area contributed by atoms with Gasteiger partial charge in [-0.1, -0.05) is 55.8 Å². The van der Waals surface area contributed by atoms with Gasteiger partial charge in [-0.15, -0.1) is 5.10 Å². The summed E-state index contributed by atoms with van der Waals surface area (Å²) in [6, 6.07) is 9.46. The summed E-state index contributed by atoms with van der Waals surface area (Å²) >= 11 is 6.28. The fraction of sp³-hybridized carbons (Fsp3) is 0.500. The molecular weight excluding hydrogens is 528 g/mol. The molecule has 9 nitrogen and oxygen atoms in total. The number of aromatic nitrogens is 4. The first-order valence-corrected chi connectivity index (χ1v) is 14.3. The van der Waals surface area contributed by atoms with Crippen LogP contribution in [0.5, 0.6) is 0 Å². The molecule has 10 heteroatoms. The van der Waals surface area contributed by atoms with Gasteiger partial charge in [0.2, 0.25) is 11.8 Å². The molecule has 1 aliphatic heterocycles. The molecule has 1 saturated heterocycles. The summed E-state index contributed by atoms with van der Waals surface area (Å²) in [6.45, 7) is 7.92. The van der Waals surface area contributed by atoms with Gasteiger partial charge in [-0.05, 0) is 54.5 Å². The maximum atomic E-state index is 14.1. The molecule has 2 aliphatic rings. The standard InChI is InChI=1S/C30H37ClN6O3/c1-18-13-20(10-11-23(18)31)24(14-21-7-5-6-12-32-21)33-28(39)26-15-22(38)16-36(26)29(40)27(30(2,3)4)37-17-25(34-35-37)19-8-9-19/h5-7,10-13,17,19,22,24,26-27,38H,8-9,14-16H2,1-4H3,(H,33,39). The number of benzene rings is 1. The van der Waals surface area contributed by atoms with E-state index in [0.717, 1.165) is 35.4 Å². The van der Waals surface area contributed by atoms with Crippen LogP contribution < -0.4 is 5.32 Å². The number of hydrogen-bond donors (Lipinski definition) is 2. The van der Waals surface area contributed by atoms with Crippen molar-refractivity contribution in [2.24, 2.45) is 5.41 Å². The Balaban J connectivity index is 1.40. The Morgan fingerprint density at radius 2 is 1.98 bits per heavy atom. The van der Waals surface area contributed by atoms with E-state index < -0.39 is 29.6 Å². The lowest BCUT2D eigenvalue weighted by atomic mass is 9.85. The molecule has 212 valence electrons. The van der Waals surface area contributed by atoms with E-state index in [1.165, 1.54) is 4.90 Å². The third-order valence-corrected chi connectivity index (χ3v) is 8.17. The van der Waals surface area contributed by atoms with Crippen molar-refractivity contribution in [3.05, 3.63) is 76.3 Å². The molecule has 3 heterocycles. The maximum absolute atomic E-state index is 14.1. The van der Waals surface area contributed by atoms with Crippen molar-refractivity contribution in [1.29, 1.82) is 0 Å². The number of hydrogen-bond acceptors (Lipinski definition) is 6. The quantitative estimate of drug-likeness (QED) is 0.425. The summed E-state index contributed by atoms with van der Waals surface area (Å²) in [7, 11) is 0. The van der Waals surface area contributed by atoms with Crippen LogP contribution in [-0.4, -0.2) is 60.5 Å². The molecule has 0 spiro atoms. The zero-order chi connectivity index (χ0) is 28.6. The van der Waals surface area contributed by atoms with Gasteiger partial charge in [-0.2, -0.15) is 0 Å². The summed E-state index contributed by atoms with van der Waals surface area (Å²) in [6.07, 6.45) is 5.57. The lowest BCUT2D eigenvalue weighted by Gasteiger charge is -2.35. The molecule has 1 aromatic carbocycles. The van der Waals surface area contributed by atoms with E-state index in [9.17, 15) is 14.7 Å². The molecule has 2 amide bonds. The van der Waals surface area contributed by atoms with Gasteiger partial charge in [0.1, 0.15) is 12.1 Å². The van der Waals surface area contributed by atoms with Gasteiger partial charge in [-0.3, -0.25) is 14.6 Å². The molecule has 4 unspecified atom stereocenters. The predicted octanol–water partition coefficient (Wildman–Crippen LogP) is 4.16.